The molecular weight excluding hydrogens is 398 g/mol. The summed E-state index contributed by atoms with van der Waals surface area (Å²) in [5, 5.41) is 6.21. The summed E-state index contributed by atoms with van der Waals surface area (Å²) in [7, 11) is 1.46. The second-order valence-electron chi connectivity index (χ2n) is 6.18. The fourth-order valence-electron chi connectivity index (χ4n) is 2.51. The van der Waals surface area contributed by atoms with Crippen molar-refractivity contribution in [3.05, 3.63) is 90.0 Å². The molecule has 8 nitrogen and oxygen atoms in total. The molecule has 0 saturated carbocycles. The highest BCUT2D eigenvalue weighted by Gasteiger charge is 2.14. The molecule has 0 radical (unpaired) electrons. The van der Waals surface area contributed by atoms with Crippen LogP contribution in [0.3, 0.4) is 0 Å². The summed E-state index contributed by atoms with van der Waals surface area (Å²) < 4.78 is 10.4. The van der Waals surface area contributed by atoms with E-state index in [1.54, 1.807) is 72.8 Å². The van der Waals surface area contributed by atoms with E-state index >= 15 is 0 Å². The Bertz CT molecular complexity index is 1100. The van der Waals surface area contributed by atoms with Crippen LogP contribution in [0.4, 0.5) is 5.69 Å². The molecule has 31 heavy (non-hydrogen) atoms. The summed E-state index contributed by atoms with van der Waals surface area (Å²) in [6.07, 6.45) is 1.36. The minimum atomic E-state index is -0.935. The van der Waals surface area contributed by atoms with Crippen molar-refractivity contribution in [3.8, 4) is 11.5 Å². The average molecular weight is 417 g/mol. The van der Waals surface area contributed by atoms with Gasteiger partial charge in [0.1, 0.15) is 11.5 Å². The maximum atomic E-state index is 12.0. The maximum Gasteiger partial charge on any atom is 0.343 e. The quantitative estimate of drug-likeness (QED) is 0.211. The van der Waals surface area contributed by atoms with Gasteiger partial charge in [-0.1, -0.05) is 30.3 Å². The van der Waals surface area contributed by atoms with Crippen LogP contribution < -0.4 is 20.2 Å². The minimum Gasteiger partial charge on any atom is -0.495 e. The van der Waals surface area contributed by atoms with Crippen LogP contribution in [-0.2, 0) is 9.59 Å². The van der Waals surface area contributed by atoms with Gasteiger partial charge in [-0.05, 0) is 54.1 Å². The van der Waals surface area contributed by atoms with E-state index in [-0.39, 0.29) is 0 Å². The van der Waals surface area contributed by atoms with Gasteiger partial charge in [-0.2, -0.15) is 5.10 Å². The minimum absolute atomic E-state index is 0.367. The molecule has 0 atom stereocenters. The van der Waals surface area contributed by atoms with E-state index in [1.807, 2.05) is 6.07 Å². The number of hydrazone groups is 1. The lowest BCUT2D eigenvalue weighted by molar-refractivity contribution is -0.136. The highest BCUT2D eigenvalue weighted by molar-refractivity contribution is 6.39. The summed E-state index contributed by atoms with van der Waals surface area (Å²) in [5.41, 5.74) is 3.60. The molecule has 0 bridgehead atoms. The Labute approximate surface area is 178 Å². The van der Waals surface area contributed by atoms with Gasteiger partial charge in [-0.3, -0.25) is 9.59 Å². The second-order valence-corrected chi connectivity index (χ2v) is 6.18. The number of hydrogen-bond donors (Lipinski definition) is 2. The van der Waals surface area contributed by atoms with Crippen LogP contribution in [0.1, 0.15) is 15.9 Å². The molecule has 0 aliphatic rings. The third kappa shape index (κ3) is 6.01. The van der Waals surface area contributed by atoms with Gasteiger partial charge in [0.2, 0.25) is 0 Å². The second kappa shape index (κ2) is 10.4. The van der Waals surface area contributed by atoms with Crippen molar-refractivity contribution in [2.24, 2.45) is 5.10 Å². The number of nitrogens with zero attached hydrogens (tertiary/aromatic N) is 1. The fourth-order valence-corrected chi connectivity index (χ4v) is 2.51. The standard InChI is InChI=1S/C23H19N3O5/c1-30-20-10-6-5-9-19(20)25-21(27)22(28)26-24-15-16-11-13-18(14-12-16)31-23(29)17-7-3-2-4-8-17/h2-15H,1H3,(H,25,27)(H,26,28). The number of para-hydroxylation sites is 2. The number of amides is 2. The molecule has 0 unspecified atom stereocenters. The number of esters is 1. The Morgan fingerprint density at radius 2 is 1.52 bits per heavy atom. The van der Waals surface area contributed by atoms with Crippen LogP contribution in [0, 0.1) is 0 Å². The number of hydrogen-bond acceptors (Lipinski definition) is 6. The van der Waals surface area contributed by atoms with Crippen LogP contribution in [-0.4, -0.2) is 31.1 Å². The fraction of sp³-hybridized carbons (Fsp3) is 0.0435. The first kappa shape index (κ1) is 21.3. The molecule has 0 aliphatic carbocycles. The molecular formula is C23H19N3O5. The molecule has 0 fully saturated rings. The number of carbonyl (C=O) groups excluding carboxylic acids is 3. The van der Waals surface area contributed by atoms with Gasteiger partial charge in [0, 0.05) is 0 Å². The van der Waals surface area contributed by atoms with Crippen molar-refractivity contribution < 1.29 is 23.9 Å². The van der Waals surface area contributed by atoms with Gasteiger partial charge in [-0.25, -0.2) is 10.2 Å². The van der Waals surface area contributed by atoms with E-state index in [0.717, 1.165) is 0 Å². The third-order valence-electron chi connectivity index (χ3n) is 4.04. The number of nitrogens with one attached hydrogen (secondary N) is 2. The highest BCUT2D eigenvalue weighted by Crippen LogP contribution is 2.22. The van der Waals surface area contributed by atoms with Crippen LogP contribution in [0.25, 0.3) is 0 Å². The molecule has 0 saturated heterocycles. The largest absolute Gasteiger partial charge is 0.495 e. The summed E-state index contributed by atoms with van der Waals surface area (Å²) >= 11 is 0. The first-order chi connectivity index (χ1) is 15.1. The average Bonchev–Trinajstić information content (AvgIpc) is 2.81. The highest BCUT2D eigenvalue weighted by atomic mass is 16.5. The van der Waals surface area contributed by atoms with E-state index < -0.39 is 17.8 Å². The first-order valence-electron chi connectivity index (χ1n) is 9.21. The number of benzene rings is 3. The van der Waals surface area contributed by atoms with Gasteiger partial charge in [0.15, 0.2) is 0 Å². The topological polar surface area (TPSA) is 106 Å². The molecule has 3 rings (SSSR count). The smallest absolute Gasteiger partial charge is 0.343 e. The lowest BCUT2D eigenvalue weighted by Crippen LogP contribution is -2.32. The third-order valence-corrected chi connectivity index (χ3v) is 4.04. The maximum absolute atomic E-state index is 12.0. The van der Waals surface area contributed by atoms with E-state index in [2.05, 4.69) is 15.8 Å². The molecule has 0 aromatic heterocycles. The predicted octanol–water partition coefficient (Wildman–Crippen LogP) is 3.00. The first-order valence-corrected chi connectivity index (χ1v) is 9.21. The van der Waals surface area contributed by atoms with Crippen molar-refractivity contribution in [2.75, 3.05) is 12.4 Å². The number of rotatable bonds is 6. The van der Waals surface area contributed by atoms with Gasteiger partial charge >= 0.3 is 17.8 Å². The zero-order chi connectivity index (χ0) is 22.1. The van der Waals surface area contributed by atoms with E-state index in [0.29, 0.717) is 28.3 Å². The van der Waals surface area contributed by atoms with Gasteiger partial charge in [0.05, 0.1) is 24.6 Å². The molecule has 3 aromatic carbocycles. The summed E-state index contributed by atoms with van der Waals surface area (Å²) in [6.45, 7) is 0. The van der Waals surface area contributed by atoms with Crippen LogP contribution in [0.5, 0.6) is 11.5 Å². The Morgan fingerprint density at radius 1 is 0.839 bits per heavy atom. The van der Waals surface area contributed by atoms with Gasteiger partial charge < -0.3 is 14.8 Å². The summed E-state index contributed by atoms with van der Waals surface area (Å²) in [4.78, 5) is 35.9. The van der Waals surface area contributed by atoms with Crippen molar-refractivity contribution in [1.29, 1.82) is 0 Å². The molecule has 2 amide bonds. The zero-order valence-electron chi connectivity index (χ0n) is 16.6. The Hall–Kier alpha value is -4.46. The zero-order valence-corrected chi connectivity index (χ0v) is 16.6. The number of methoxy groups -OCH3 is 1. The molecule has 3 aromatic rings. The molecule has 0 heterocycles. The molecule has 2 N–H and O–H groups in total. The number of ether oxygens (including phenoxy) is 2. The summed E-state index contributed by atoms with van der Waals surface area (Å²) in [5.74, 6) is -1.48. The number of anilines is 1. The monoisotopic (exact) mass is 417 g/mol. The summed E-state index contributed by atoms with van der Waals surface area (Å²) in [6, 6.07) is 21.8. The van der Waals surface area contributed by atoms with Crippen molar-refractivity contribution in [1.82, 2.24) is 5.43 Å². The van der Waals surface area contributed by atoms with Crippen LogP contribution >= 0.6 is 0 Å². The van der Waals surface area contributed by atoms with Crippen LogP contribution in [0.2, 0.25) is 0 Å². The Morgan fingerprint density at radius 3 is 2.23 bits per heavy atom. The van der Waals surface area contributed by atoms with E-state index in [9.17, 15) is 14.4 Å². The van der Waals surface area contributed by atoms with Crippen molar-refractivity contribution in [2.45, 2.75) is 0 Å². The lowest BCUT2D eigenvalue weighted by atomic mass is 10.2. The van der Waals surface area contributed by atoms with Gasteiger partial charge in [0.25, 0.3) is 0 Å². The number of carbonyl (C=O) groups is 3. The van der Waals surface area contributed by atoms with E-state index in [4.69, 9.17) is 9.47 Å². The van der Waals surface area contributed by atoms with Gasteiger partial charge in [-0.15, -0.1) is 0 Å². The molecule has 0 aliphatic heterocycles. The Kier molecular flexibility index (Phi) is 7.10. The van der Waals surface area contributed by atoms with Crippen molar-refractivity contribution >= 4 is 29.7 Å². The normalized spacial score (nSPS) is 10.4. The lowest BCUT2D eigenvalue weighted by Gasteiger charge is -2.08. The van der Waals surface area contributed by atoms with E-state index in [1.165, 1.54) is 13.3 Å². The molecule has 8 heteroatoms. The molecule has 156 valence electrons. The van der Waals surface area contributed by atoms with Crippen molar-refractivity contribution in [3.63, 3.8) is 0 Å². The SMILES string of the molecule is COc1ccccc1NC(=O)C(=O)NN=Cc1ccc(OC(=O)c2ccccc2)cc1. The molecule has 0 spiro atoms. The Balaban J connectivity index is 1.51. The predicted molar refractivity (Wildman–Crippen MR) is 115 cm³/mol. The van der Waals surface area contributed by atoms with Crippen LogP contribution in [0.15, 0.2) is 84.0 Å².